The van der Waals surface area contributed by atoms with Gasteiger partial charge >= 0.3 is 0 Å². The Kier molecular flexibility index (Phi) is 4.70. The van der Waals surface area contributed by atoms with Gasteiger partial charge in [0.25, 0.3) is 0 Å². The largest absolute Gasteiger partial charge is 0.325 e. The van der Waals surface area contributed by atoms with Crippen LogP contribution in [-0.4, -0.2) is 23.5 Å². The summed E-state index contributed by atoms with van der Waals surface area (Å²) in [5.41, 5.74) is 3.62. The number of thioether (sulfide) groups is 1. The van der Waals surface area contributed by atoms with Crippen molar-refractivity contribution in [3.63, 3.8) is 0 Å². The number of benzene rings is 1. The molecule has 0 spiro atoms. The van der Waals surface area contributed by atoms with Crippen LogP contribution in [0.3, 0.4) is 0 Å². The summed E-state index contributed by atoms with van der Waals surface area (Å²) in [6.07, 6.45) is 2.26. The molecular formula is C12H18N4S. The van der Waals surface area contributed by atoms with Crippen LogP contribution in [0, 0.1) is 0 Å². The zero-order chi connectivity index (χ0) is 11.9. The van der Waals surface area contributed by atoms with Crippen LogP contribution < -0.4 is 16.6 Å². The average Bonchev–Trinajstić information content (AvgIpc) is 2.40. The minimum absolute atomic E-state index is 0.388. The van der Waals surface area contributed by atoms with Crippen molar-refractivity contribution >= 4 is 23.4 Å². The highest BCUT2D eigenvalue weighted by Crippen LogP contribution is 2.19. The van der Waals surface area contributed by atoms with Gasteiger partial charge in [0, 0.05) is 5.69 Å². The van der Waals surface area contributed by atoms with Crippen LogP contribution in [0.4, 0.5) is 5.69 Å². The molecule has 1 aromatic rings. The van der Waals surface area contributed by atoms with E-state index in [0.717, 1.165) is 18.5 Å². The van der Waals surface area contributed by atoms with Gasteiger partial charge in [-0.05, 0) is 36.5 Å². The molecule has 0 aliphatic carbocycles. The molecule has 1 heterocycles. The van der Waals surface area contributed by atoms with Crippen molar-refractivity contribution in [1.82, 2.24) is 5.43 Å². The molecule has 0 radical (unpaired) electrons. The zero-order valence-corrected chi connectivity index (χ0v) is 10.5. The first-order valence-electron chi connectivity index (χ1n) is 5.83. The van der Waals surface area contributed by atoms with Gasteiger partial charge in [-0.15, -0.1) is 0 Å². The first-order chi connectivity index (χ1) is 8.38. The second kappa shape index (κ2) is 6.51. The first kappa shape index (κ1) is 12.3. The van der Waals surface area contributed by atoms with Crippen LogP contribution in [0.1, 0.15) is 12.8 Å². The third-order valence-corrected chi connectivity index (χ3v) is 3.72. The van der Waals surface area contributed by atoms with E-state index in [9.17, 15) is 0 Å². The lowest BCUT2D eigenvalue weighted by molar-refractivity contribution is 0.624. The van der Waals surface area contributed by atoms with Gasteiger partial charge in [0.15, 0.2) is 0 Å². The standard InChI is InChI=1S/C12H18N4S/c13-16-12(14-10-4-2-1-3-5-10)15-11-6-8-17-9-7-11/h1-5,11H,6-9,13H2,(H2,14,15,16). The molecule has 5 heteroatoms. The van der Waals surface area contributed by atoms with E-state index in [2.05, 4.69) is 15.7 Å². The van der Waals surface area contributed by atoms with Crippen molar-refractivity contribution in [3.05, 3.63) is 30.3 Å². The SMILES string of the molecule is NNC(=NC1CCSCC1)Nc1ccccc1. The monoisotopic (exact) mass is 250 g/mol. The number of rotatable bonds is 2. The molecule has 1 aromatic carbocycles. The number of nitrogens with two attached hydrogens (primary N) is 1. The molecule has 4 N–H and O–H groups in total. The Morgan fingerprint density at radius 3 is 2.59 bits per heavy atom. The normalized spacial score (nSPS) is 17.8. The van der Waals surface area contributed by atoms with Gasteiger partial charge in [0.1, 0.15) is 0 Å². The second-order valence-electron chi connectivity index (χ2n) is 3.96. The fourth-order valence-electron chi connectivity index (χ4n) is 1.76. The van der Waals surface area contributed by atoms with E-state index in [1.165, 1.54) is 11.5 Å². The molecule has 92 valence electrons. The summed E-state index contributed by atoms with van der Waals surface area (Å²) < 4.78 is 0. The van der Waals surface area contributed by atoms with E-state index in [4.69, 9.17) is 5.84 Å². The minimum atomic E-state index is 0.388. The highest BCUT2D eigenvalue weighted by Gasteiger charge is 2.13. The van der Waals surface area contributed by atoms with Crippen LogP contribution in [0.15, 0.2) is 35.3 Å². The maximum atomic E-state index is 5.49. The number of hydrogen-bond donors (Lipinski definition) is 3. The predicted octanol–water partition coefficient (Wildman–Crippen LogP) is 1.81. The number of hydrogen-bond acceptors (Lipinski definition) is 3. The summed E-state index contributed by atoms with van der Waals surface area (Å²) in [6.45, 7) is 0. The molecule has 1 aliphatic heterocycles. The van der Waals surface area contributed by atoms with E-state index < -0.39 is 0 Å². The van der Waals surface area contributed by atoms with E-state index in [1.807, 2.05) is 42.1 Å². The third-order valence-electron chi connectivity index (χ3n) is 2.68. The zero-order valence-electron chi connectivity index (χ0n) is 9.73. The summed E-state index contributed by atoms with van der Waals surface area (Å²) in [7, 11) is 0. The summed E-state index contributed by atoms with van der Waals surface area (Å²) in [5, 5.41) is 3.18. The highest BCUT2D eigenvalue weighted by molar-refractivity contribution is 7.99. The fraction of sp³-hybridized carbons (Fsp3) is 0.417. The molecule has 0 saturated carbocycles. The van der Waals surface area contributed by atoms with Crippen molar-refractivity contribution in [3.8, 4) is 0 Å². The van der Waals surface area contributed by atoms with Crippen LogP contribution in [0.2, 0.25) is 0 Å². The lowest BCUT2D eigenvalue weighted by Crippen LogP contribution is -2.37. The Balaban J connectivity index is 1.98. The maximum Gasteiger partial charge on any atom is 0.210 e. The van der Waals surface area contributed by atoms with Gasteiger partial charge in [-0.25, -0.2) is 10.8 Å². The number of hydrazine groups is 1. The number of guanidine groups is 1. The van der Waals surface area contributed by atoms with E-state index in [1.54, 1.807) is 0 Å². The smallest absolute Gasteiger partial charge is 0.210 e. The van der Waals surface area contributed by atoms with Crippen molar-refractivity contribution in [1.29, 1.82) is 0 Å². The van der Waals surface area contributed by atoms with Crippen molar-refractivity contribution in [2.75, 3.05) is 16.8 Å². The van der Waals surface area contributed by atoms with Gasteiger partial charge < -0.3 is 5.32 Å². The predicted molar refractivity (Wildman–Crippen MR) is 75.2 cm³/mol. The first-order valence-corrected chi connectivity index (χ1v) is 6.98. The molecule has 2 rings (SSSR count). The lowest BCUT2D eigenvalue weighted by Gasteiger charge is -2.19. The molecule has 0 aromatic heterocycles. The highest BCUT2D eigenvalue weighted by atomic mass is 32.2. The molecule has 1 fully saturated rings. The topological polar surface area (TPSA) is 62.4 Å². The van der Waals surface area contributed by atoms with Gasteiger partial charge in [-0.3, -0.25) is 5.43 Å². The lowest BCUT2D eigenvalue weighted by atomic mass is 10.2. The minimum Gasteiger partial charge on any atom is -0.325 e. The molecule has 17 heavy (non-hydrogen) atoms. The molecule has 0 unspecified atom stereocenters. The average molecular weight is 250 g/mol. The number of nitrogens with zero attached hydrogens (tertiary/aromatic N) is 1. The summed E-state index contributed by atoms with van der Waals surface area (Å²) in [4.78, 5) is 4.61. The number of nitrogens with one attached hydrogen (secondary N) is 2. The molecule has 0 atom stereocenters. The van der Waals surface area contributed by atoms with Crippen LogP contribution in [-0.2, 0) is 0 Å². The number of aliphatic imine (C=N–C) groups is 1. The Labute approximate surface area is 106 Å². The van der Waals surface area contributed by atoms with Crippen LogP contribution in [0.25, 0.3) is 0 Å². The Morgan fingerprint density at radius 1 is 1.24 bits per heavy atom. The van der Waals surface area contributed by atoms with E-state index >= 15 is 0 Å². The Hall–Kier alpha value is -1.20. The molecule has 0 amide bonds. The van der Waals surface area contributed by atoms with E-state index in [0.29, 0.717) is 12.0 Å². The van der Waals surface area contributed by atoms with E-state index in [-0.39, 0.29) is 0 Å². The van der Waals surface area contributed by atoms with Crippen molar-refractivity contribution in [2.24, 2.45) is 10.8 Å². The summed E-state index contributed by atoms with van der Waals surface area (Å²) >= 11 is 2.00. The van der Waals surface area contributed by atoms with Crippen molar-refractivity contribution < 1.29 is 0 Å². The van der Waals surface area contributed by atoms with Crippen molar-refractivity contribution in [2.45, 2.75) is 18.9 Å². The molecular weight excluding hydrogens is 232 g/mol. The summed E-state index contributed by atoms with van der Waals surface area (Å²) in [6, 6.07) is 10.3. The van der Waals surface area contributed by atoms with Gasteiger partial charge in [0.2, 0.25) is 5.96 Å². The van der Waals surface area contributed by atoms with Gasteiger partial charge in [-0.1, -0.05) is 18.2 Å². The third kappa shape index (κ3) is 3.94. The second-order valence-corrected chi connectivity index (χ2v) is 5.18. The fourth-order valence-corrected chi connectivity index (χ4v) is 2.84. The number of para-hydroxylation sites is 1. The molecule has 1 aliphatic rings. The molecule has 1 saturated heterocycles. The number of anilines is 1. The van der Waals surface area contributed by atoms with Crippen LogP contribution >= 0.6 is 11.8 Å². The van der Waals surface area contributed by atoms with Crippen LogP contribution in [0.5, 0.6) is 0 Å². The maximum absolute atomic E-state index is 5.49. The Bertz CT molecular complexity index is 360. The van der Waals surface area contributed by atoms with Gasteiger partial charge in [0.05, 0.1) is 6.04 Å². The summed E-state index contributed by atoms with van der Waals surface area (Å²) in [5.74, 6) is 8.52. The molecule has 4 nitrogen and oxygen atoms in total. The quantitative estimate of drug-likeness (QED) is 0.324. The van der Waals surface area contributed by atoms with Gasteiger partial charge in [-0.2, -0.15) is 11.8 Å². The Morgan fingerprint density at radius 2 is 1.94 bits per heavy atom. The molecule has 0 bridgehead atoms.